The lowest BCUT2D eigenvalue weighted by atomic mass is 9.78. The summed E-state index contributed by atoms with van der Waals surface area (Å²) in [5.41, 5.74) is 0.359. The van der Waals surface area contributed by atoms with Crippen molar-refractivity contribution in [3.63, 3.8) is 0 Å². The molecule has 1 saturated heterocycles. The maximum Gasteiger partial charge on any atom is 0.494 e. The van der Waals surface area contributed by atoms with Crippen LogP contribution >= 0.6 is 0 Å². The number of rotatable bonds is 2. The van der Waals surface area contributed by atoms with E-state index in [4.69, 9.17) is 14.0 Å². The van der Waals surface area contributed by atoms with Gasteiger partial charge in [0, 0.05) is 0 Å². The molecule has 1 aliphatic heterocycles. The average molecular weight is 318 g/mol. The molecule has 0 saturated carbocycles. The van der Waals surface area contributed by atoms with E-state index in [1.807, 2.05) is 27.7 Å². The van der Waals surface area contributed by atoms with E-state index in [1.165, 1.54) is 7.11 Å². The fourth-order valence-corrected chi connectivity index (χ4v) is 2.53. The Bertz CT molecular complexity index is 768. The quantitative estimate of drug-likeness (QED) is 0.851. The first kappa shape index (κ1) is 15.8. The third-order valence-corrected chi connectivity index (χ3v) is 4.57. The molecule has 1 aliphatic rings. The van der Waals surface area contributed by atoms with Gasteiger partial charge in [0.1, 0.15) is 0 Å². The molecule has 0 spiro atoms. The Balaban J connectivity index is 2.06. The van der Waals surface area contributed by atoms with Crippen LogP contribution in [0.1, 0.15) is 27.7 Å². The van der Waals surface area contributed by atoms with Gasteiger partial charge < -0.3 is 19.2 Å². The molecule has 2 heterocycles. The Labute approximate surface area is 134 Å². The highest BCUT2D eigenvalue weighted by Crippen LogP contribution is 2.36. The molecular weight excluding hydrogens is 299 g/mol. The van der Waals surface area contributed by atoms with Crippen molar-refractivity contribution in [3.8, 4) is 5.88 Å². The van der Waals surface area contributed by atoms with Crippen molar-refractivity contribution in [3.05, 3.63) is 18.2 Å². The monoisotopic (exact) mass is 318 g/mol. The molecule has 0 aliphatic carbocycles. The van der Waals surface area contributed by atoms with Crippen molar-refractivity contribution in [2.75, 3.05) is 7.11 Å². The molecule has 3 rings (SSSR count). The summed E-state index contributed by atoms with van der Waals surface area (Å²) in [5, 5.41) is 13.7. The van der Waals surface area contributed by atoms with Crippen LogP contribution in [0.4, 0.5) is 4.79 Å². The summed E-state index contributed by atoms with van der Waals surface area (Å²) in [6, 6.07) is 5.26. The molecule has 8 heteroatoms. The lowest BCUT2D eigenvalue weighted by Crippen LogP contribution is -2.41. The van der Waals surface area contributed by atoms with Crippen molar-refractivity contribution in [1.82, 2.24) is 9.78 Å². The normalized spacial score (nSPS) is 19.3. The molecule has 1 aromatic carbocycles. The molecule has 0 atom stereocenters. The van der Waals surface area contributed by atoms with E-state index in [-0.39, 0.29) is 5.88 Å². The van der Waals surface area contributed by atoms with E-state index in [1.54, 1.807) is 18.2 Å². The van der Waals surface area contributed by atoms with Crippen LogP contribution in [-0.4, -0.2) is 46.4 Å². The van der Waals surface area contributed by atoms with Gasteiger partial charge in [-0.1, -0.05) is 6.07 Å². The number of methoxy groups -OCH3 is 1. The lowest BCUT2D eigenvalue weighted by molar-refractivity contribution is 0.00578. The molecule has 2 aromatic rings. The Morgan fingerprint density at radius 3 is 2.39 bits per heavy atom. The average Bonchev–Trinajstić information content (AvgIpc) is 2.93. The highest BCUT2D eigenvalue weighted by Gasteiger charge is 2.51. The van der Waals surface area contributed by atoms with Gasteiger partial charge in [0.25, 0.3) is 0 Å². The van der Waals surface area contributed by atoms with Crippen LogP contribution < -0.4 is 10.2 Å². The first-order valence-electron chi connectivity index (χ1n) is 7.32. The van der Waals surface area contributed by atoms with Crippen molar-refractivity contribution in [2.24, 2.45) is 0 Å². The highest BCUT2D eigenvalue weighted by atomic mass is 16.7. The first-order chi connectivity index (χ1) is 10.7. The van der Waals surface area contributed by atoms with Crippen LogP contribution in [0.15, 0.2) is 18.2 Å². The summed E-state index contributed by atoms with van der Waals surface area (Å²) < 4.78 is 18.1. The van der Waals surface area contributed by atoms with Crippen molar-refractivity contribution < 1.29 is 23.9 Å². The number of aromatic nitrogens is 2. The Kier molecular flexibility index (Phi) is 3.42. The van der Waals surface area contributed by atoms with Crippen LogP contribution in [0.3, 0.4) is 0 Å². The number of hydrogen-bond donors (Lipinski definition) is 1. The molecule has 0 amide bonds. The van der Waals surface area contributed by atoms with Crippen LogP contribution in [0, 0.1) is 0 Å². The zero-order chi connectivity index (χ0) is 17.0. The number of ether oxygens (including phenoxy) is 1. The van der Waals surface area contributed by atoms with Gasteiger partial charge >= 0.3 is 13.2 Å². The van der Waals surface area contributed by atoms with Gasteiger partial charge in [0.15, 0.2) is 0 Å². The standard InChI is InChI=1S/C15H19BN2O5/c1-14(2)15(3,4)23-16(22-14)9-6-7-11-10(8-9)12(21-5)17-18(11)13(19)20/h6-8H,1-5H3,(H,19,20). The maximum absolute atomic E-state index is 11.3. The van der Waals surface area contributed by atoms with Crippen LogP contribution in [0.25, 0.3) is 10.9 Å². The number of carboxylic acid groups (broad SMARTS) is 1. The van der Waals surface area contributed by atoms with Gasteiger partial charge in [0.2, 0.25) is 5.88 Å². The first-order valence-corrected chi connectivity index (χ1v) is 7.32. The van der Waals surface area contributed by atoms with Crippen LogP contribution in [0.2, 0.25) is 0 Å². The number of hydrogen-bond acceptors (Lipinski definition) is 5. The molecule has 0 bridgehead atoms. The minimum atomic E-state index is -1.17. The van der Waals surface area contributed by atoms with Gasteiger partial charge in [-0.05, 0) is 45.3 Å². The second-order valence-corrected chi connectivity index (χ2v) is 6.57. The van der Waals surface area contributed by atoms with E-state index in [9.17, 15) is 9.90 Å². The molecule has 23 heavy (non-hydrogen) atoms. The highest BCUT2D eigenvalue weighted by molar-refractivity contribution is 6.62. The van der Waals surface area contributed by atoms with E-state index in [0.717, 1.165) is 10.1 Å². The summed E-state index contributed by atoms with van der Waals surface area (Å²) in [5.74, 6) is 0.251. The molecule has 0 radical (unpaired) electrons. The summed E-state index contributed by atoms with van der Waals surface area (Å²) in [7, 11) is 0.928. The van der Waals surface area contributed by atoms with Crippen molar-refractivity contribution in [2.45, 2.75) is 38.9 Å². The van der Waals surface area contributed by atoms with E-state index < -0.39 is 24.4 Å². The zero-order valence-corrected chi connectivity index (χ0v) is 13.8. The smallest absolute Gasteiger partial charge is 0.479 e. The van der Waals surface area contributed by atoms with Crippen LogP contribution in [-0.2, 0) is 9.31 Å². The third-order valence-electron chi connectivity index (χ3n) is 4.57. The maximum atomic E-state index is 11.3. The van der Waals surface area contributed by atoms with Gasteiger partial charge in [-0.15, -0.1) is 5.10 Å². The van der Waals surface area contributed by atoms with Gasteiger partial charge in [-0.25, -0.2) is 4.79 Å². The molecule has 122 valence electrons. The number of fused-ring (bicyclic) bond motifs is 1. The topological polar surface area (TPSA) is 82.8 Å². The van der Waals surface area contributed by atoms with Crippen molar-refractivity contribution >= 4 is 29.6 Å². The minimum absolute atomic E-state index is 0.251. The summed E-state index contributed by atoms with van der Waals surface area (Å²) in [6.45, 7) is 7.92. The summed E-state index contributed by atoms with van der Waals surface area (Å²) >= 11 is 0. The number of benzene rings is 1. The fourth-order valence-electron chi connectivity index (χ4n) is 2.53. The Morgan fingerprint density at radius 2 is 1.87 bits per heavy atom. The SMILES string of the molecule is COc1nn(C(=O)O)c2ccc(B3OC(C)(C)C(C)(C)O3)cc12. The largest absolute Gasteiger partial charge is 0.494 e. The second kappa shape index (κ2) is 4.97. The predicted molar refractivity (Wildman–Crippen MR) is 85.4 cm³/mol. The van der Waals surface area contributed by atoms with Gasteiger partial charge in [-0.2, -0.15) is 4.68 Å². The predicted octanol–water partition coefficient (Wildman–Crippen LogP) is 1.87. The number of carbonyl (C=O) groups is 1. The fraction of sp³-hybridized carbons (Fsp3) is 0.467. The van der Waals surface area contributed by atoms with Crippen molar-refractivity contribution in [1.29, 1.82) is 0 Å². The molecule has 0 unspecified atom stereocenters. The molecular formula is C15H19BN2O5. The van der Waals surface area contributed by atoms with E-state index in [2.05, 4.69) is 5.10 Å². The molecule has 1 fully saturated rings. The zero-order valence-electron chi connectivity index (χ0n) is 13.8. The molecule has 1 N–H and O–H groups in total. The Morgan fingerprint density at radius 1 is 1.26 bits per heavy atom. The third kappa shape index (κ3) is 2.38. The van der Waals surface area contributed by atoms with Gasteiger partial charge in [0.05, 0.1) is 29.2 Å². The molecule has 7 nitrogen and oxygen atoms in total. The summed E-state index contributed by atoms with van der Waals surface area (Å²) in [4.78, 5) is 11.3. The summed E-state index contributed by atoms with van der Waals surface area (Å²) in [6.07, 6.45) is -1.17. The van der Waals surface area contributed by atoms with Crippen LogP contribution in [0.5, 0.6) is 5.88 Å². The van der Waals surface area contributed by atoms with E-state index in [0.29, 0.717) is 10.9 Å². The second-order valence-electron chi connectivity index (χ2n) is 6.57. The molecule has 1 aromatic heterocycles. The number of nitrogens with zero attached hydrogens (tertiary/aromatic N) is 2. The van der Waals surface area contributed by atoms with E-state index >= 15 is 0 Å². The minimum Gasteiger partial charge on any atom is -0.479 e. The Hall–Kier alpha value is -2.06. The van der Waals surface area contributed by atoms with Gasteiger partial charge in [-0.3, -0.25) is 0 Å². The lowest BCUT2D eigenvalue weighted by Gasteiger charge is -2.32.